The summed E-state index contributed by atoms with van der Waals surface area (Å²) in [5.41, 5.74) is 7.35. The lowest BCUT2D eigenvalue weighted by molar-refractivity contribution is -0.137. The molecule has 0 saturated carbocycles. The number of alkyl halides is 3. The van der Waals surface area contributed by atoms with Gasteiger partial charge in [0.1, 0.15) is 0 Å². The Morgan fingerprint density at radius 2 is 1.06 bits per heavy atom. The zero-order valence-electron chi connectivity index (χ0n) is 25.9. The Balaban J connectivity index is 1.61. The van der Waals surface area contributed by atoms with Gasteiger partial charge in [-0.2, -0.15) is 18.4 Å². The molecule has 0 unspecified atom stereocenters. The first-order valence-electron chi connectivity index (χ1n) is 15.4. The van der Waals surface area contributed by atoms with Crippen molar-refractivity contribution in [3.63, 3.8) is 0 Å². The number of fused-ring (bicyclic) bond motifs is 6. The highest BCUT2D eigenvalue weighted by Gasteiger charge is 2.35. The molecule has 0 aliphatic rings. The summed E-state index contributed by atoms with van der Waals surface area (Å²) in [7, 11) is 0. The molecule has 0 atom stereocenters. The molecule has 8 aromatic rings. The molecule has 0 bridgehead atoms. The Labute approximate surface area is 269 Å². The number of nitrogens with zero attached hydrogens (tertiary/aromatic N) is 3. The molecule has 0 aliphatic carbocycles. The fraction of sp³-hybridized carbons (Fsp3) is 0.0976. The van der Waals surface area contributed by atoms with Gasteiger partial charge in [-0.3, -0.25) is 0 Å². The maximum absolute atomic E-state index is 14.6. The number of hydrogen-bond acceptors (Lipinski definition) is 1. The summed E-state index contributed by atoms with van der Waals surface area (Å²) < 4.78 is 48.0. The van der Waals surface area contributed by atoms with E-state index in [0.717, 1.165) is 60.8 Å². The van der Waals surface area contributed by atoms with Crippen LogP contribution < -0.4 is 0 Å². The van der Waals surface area contributed by atoms with Gasteiger partial charge >= 0.3 is 6.18 Å². The Bertz CT molecular complexity index is 2610. The van der Waals surface area contributed by atoms with E-state index in [-0.39, 0.29) is 16.7 Å². The first-order chi connectivity index (χ1) is 22.7. The summed E-state index contributed by atoms with van der Waals surface area (Å²) in [4.78, 5) is 0. The first kappa shape index (κ1) is 28.7. The Kier molecular flexibility index (Phi) is 6.32. The van der Waals surface area contributed by atoms with Gasteiger partial charge in [-0.15, -0.1) is 0 Å². The van der Waals surface area contributed by atoms with E-state index in [2.05, 4.69) is 63.7 Å². The topological polar surface area (TPSA) is 33.6 Å². The molecule has 228 valence electrons. The van der Waals surface area contributed by atoms with Gasteiger partial charge in [-0.05, 0) is 85.5 Å². The Morgan fingerprint density at radius 3 is 1.60 bits per heavy atom. The van der Waals surface area contributed by atoms with Crippen molar-refractivity contribution in [2.45, 2.75) is 26.9 Å². The second-order valence-corrected chi connectivity index (χ2v) is 12.2. The minimum Gasteiger partial charge on any atom is -0.307 e. The van der Waals surface area contributed by atoms with E-state index < -0.39 is 11.7 Å². The van der Waals surface area contributed by atoms with Crippen LogP contribution in [0, 0.1) is 32.1 Å². The smallest absolute Gasteiger partial charge is 0.307 e. The van der Waals surface area contributed by atoms with Gasteiger partial charge in [0.05, 0.1) is 50.6 Å². The summed E-state index contributed by atoms with van der Waals surface area (Å²) in [6, 6.07) is 38.8. The van der Waals surface area contributed by atoms with Crippen molar-refractivity contribution in [1.82, 2.24) is 9.13 Å². The molecule has 0 fully saturated rings. The maximum Gasteiger partial charge on any atom is 0.417 e. The molecular weight excluding hydrogens is 591 g/mol. The van der Waals surface area contributed by atoms with Crippen molar-refractivity contribution >= 4 is 43.6 Å². The minimum absolute atomic E-state index is 0.0133. The number of aromatic nitrogens is 2. The minimum atomic E-state index is -4.61. The molecule has 0 radical (unpaired) electrons. The predicted octanol–water partition coefficient (Wildman–Crippen LogP) is 11.4. The van der Waals surface area contributed by atoms with Crippen molar-refractivity contribution in [2.75, 3.05) is 0 Å². The average Bonchev–Trinajstić information content (AvgIpc) is 3.55. The third-order valence-electron chi connectivity index (χ3n) is 9.22. The van der Waals surface area contributed by atoms with Crippen LogP contribution >= 0.6 is 0 Å². The number of nitriles is 1. The van der Waals surface area contributed by atoms with Crippen LogP contribution in [-0.4, -0.2) is 9.13 Å². The molecule has 0 saturated heterocycles. The van der Waals surface area contributed by atoms with Gasteiger partial charge in [0.15, 0.2) is 0 Å². The number of halogens is 3. The van der Waals surface area contributed by atoms with E-state index in [1.807, 2.05) is 50.2 Å². The molecule has 8 rings (SSSR count). The zero-order valence-corrected chi connectivity index (χ0v) is 25.9. The normalized spacial score (nSPS) is 12.0. The number of benzene rings is 6. The van der Waals surface area contributed by atoms with Crippen molar-refractivity contribution in [3.05, 3.63) is 143 Å². The van der Waals surface area contributed by atoms with Gasteiger partial charge in [-0.25, -0.2) is 0 Å². The van der Waals surface area contributed by atoms with Crippen LogP contribution in [0.1, 0.15) is 27.8 Å². The second-order valence-electron chi connectivity index (χ2n) is 12.2. The van der Waals surface area contributed by atoms with Crippen LogP contribution in [0.4, 0.5) is 13.2 Å². The second kappa shape index (κ2) is 10.4. The zero-order chi connectivity index (χ0) is 32.6. The van der Waals surface area contributed by atoms with E-state index in [4.69, 9.17) is 0 Å². The molecule has 6 aromatic carbocycles. The van der Waals surface area contributed by atoms with Crippen LogP contribution in [0.2, 0.25) is 0 Å². The van der Waals surface area contributed by atoms with Gasteiger partial charge < -0.3 is 9.13 Å². The van der Waals surface area contributed by atoms with Crippen molar-refractivity contribution in [2.24, 2.45) is 0 Å². The van der Waals surface area contributed by atoms with E-state index in [9.17, 15) is 18.4 Å². The number of aryl methyl sites for hydroxylation is 3. The highest BCUT2D eigenvalue weighted by atomic mass is 19.4. The fourth-order valence-corrected chi connectivity index (χ4v) is 7.18. The number of rotatable bonds is 3. The third-order valence-corrected chi connectivity index (χ3v) is 9.22. The SMILES string of the molecule is Cc1ccc2c3ccccc3n(-c3cc(C#N)c(-c4c(C)cccc4C(F)(F)F)cc3-n3c4ccccc4c4ccc(C)cc43)c2c1. The summed E-state index contributed by atoms with van der Waals surface area (Å²) >= 11 is 0. The number of para-hydroxylation sites is 2. The lowest BCUT2D eigenvalue weighted by Gasteiger charge is -2.22. The molecule has 2 aromatic heterocycles. The summed E-state index contributed by atoms with van der Waals surface area (Å²) in [5, 5.41) is 14.8. The van der Waals surface area contributed by atoms with E-state index >= 15 is 0 Å². The highest BCUT2D eigenvalue weighted by molar-refractivity contribution is 6.12. The van der Waals surface area contributed by atoms with Crippen LogP contribution in [0.25, 0.3) is 66.1 Å². The van der Waals surface area contributed by atoms with Crippen molar-refractivity contribution < 1.29 is 13.2 Å². The molecule has 0 amide bonds. The predicted molar refractivity (Wildman–Crippen MR) is 184 cm³/mol. The van der Waals surface area contributed by atoms with Crippen LogP contribution in [0.3, 0.4) is 0 Å². The Hall–Kier alpha value is -5.80. The van der Waals surface area contributed by atoms with Gasteiger partial charge in [0.25, 0.3) is 0 Å². The largest absolute Gasteiger partial charge is 0.417 e. The standard InChI is InChI=1S/C41H28F3N3/c1-24-15-17-30-28-10-4-6-13-34(28)46(36(30)19-24)38-21-27(23-45)32(40-26(3)9-8-12-33(40)41(42,43)44)22-39(38)47-35-14-7-5-11-29(35)31-18-16-25(2)20-37(31)47/h4-22H,1-3H3. The molecular formula is C41H28F3N3. The van der Waals surface area contributed by atoms with Crippen molar-refractivity contribution in [3.8, 4) is 28.6 Å². The van der Waals surface area contributed by atoms with Crippen molar-refractivity contribution in [1.29, 1.82) is 5.26 Å². The van der Waals surface area contributed by atoms with Gasteiger partial charge in [0, 0.05) is 27.1 Å². The molecule has 0 aliphatic heterocycles. The third kappa shape index (κ3) is 4.34. The van der Waals surface area contributed by atoms with Crippen LogP contribution in [0.15, 0.2) is 115 Å². The molecule has 47 heavy (non-hydrogen) atoms. The van der Waals surface area contributed by atoms with E-state index in [1.165, 1.54) is 6.07 Å². The number of hydrogen-bond donors (Lipinski definition) is 0. The van der Waals surface area contributed by atoms with E-state index in [0.29, 0.717) is 16.9 Å². The lowest BCUT2D eigenvalue weighted by Crippen LogP contribution is -2.10. The highest BCUT2D eigenvalue weighted by Crippen LogP contribution is 2.44. The molecule has 6 heteroatoms. The quantitative estimate of drug-likeness (QED) is 0.194. The molecule has 2 heterocycles. The molecule has 0 N–H and O–H groups in total. The average molecular weight is 620 g/mol. The lowest BCUT2D eigenvalue weighted by atomic mass is 9.90. The fourth-order valence-electron chi connectivity index (χ4n) is 7.18. The molecule has 3 nitrogen and oxygen atoms in total. The van der Waals surface area contributed by atoms with Gasteiger partial charge in [0.2, 0.25) is 0 Å². The Morgan fingerprint density at radius 1 is 0.553 bits per heavy atom. The summed E-state index contributed by atoms with van der Waals surface area (Å²) in [6.07, 6.45) is -4.61. The van der Waals surface area contributed by atoms with Crippen LogP contribution in [-0.2, 0) is 6.18 Å². The monoisotopic (exact) mass is 619 g/mol. The molecule has 0 spiro atoms. The first-order valence-corrected chi connectivity index (χ1v) is 15.4. The van der Waals surface area contributed by atoms with Gasteiger partial charge in [-0.1, -0.05) is 72.8 Å². The summed E-state index contributed by atoms with van der Waals surface area (Å²) in [6.45, 7) is 5.74. The summed E-state index contributed by atoms with van der Waals surface area (Å²) in [5.74, 6) is 0. The maximum atomic E-state index is 14.6. The van der Waals surface area contributed by atoms with Crippen LogP contribution in [0.5, 0.6) is 0 Å². The van der Waals surface area contributed by atoms with E-state index in [1.54, 1.807) is 25.1 Å².